The van der Waals surface area contributed by atoms with Crippen molar-refractivity contribution in [3.05, 3.63) is 12.2 Å². The minimum absolute atomic E-state index is 0.123. The van der Waals surface area contributed by atoms with Crippen LogP contribution in [0.15, 0.2) is 12.2 Å². The van der Waals surface area contributed by atoms with Crippen LogP contribution in [0, 0.1) is 0 Å². The molecule has 0 aliphatic rings. The van der Waals surface area contributed by atoms with Gasteiger partial charge in [-0.2, -0.15) is 0 Å². The lowest BCUT2D eigenvalue weighted by atomic mass is 10.3. The van der Waals surface area contributed by atoms with Gasteiger partial charge < -0.3 is 14.8 Å². The van der Waals surface area contributed by atoms with Gasteiger partial charge in [-0.25, -0.2) is 0 Å². The molecule has 88 valence electrons. The number of carbonyl (C=O) groups is 1. The molecule has 0 aromatic heterocycles. The lowest BCUT2D eigenvalue weighted by Gasteiger charge is -2.16. The fourth-order valence-corrected chi connectivity index (χ4v) is 1.04. The van der Waals surface area contributed by atoms with Crippen LogP contribution in [0.3, 0.4) is 0 Å². The van der Waals surface area contributed by atoms with E-state index in [4.69, 9.17) is 9.47 Å². The second-order valence-corrected chi connectivity index (χ2v) is 3.17. The summed E-state index contributed by atoms with van der Waals surface area (Å²) in [5.74, 6) is -0.123. The van der Waals surface area contributed by atoms with Crippen molar-refractivity contribution in [1.29, 1.82) is 0 Å². The zero-order chi connectivity index (χ0) is 11.7. The van der Waals surface area contributed by atoms with Gasteiger partial charge in [-0.05, 0) is 20.8 Å². The van der Waals surface area contributed by atoms with Crippen LogP contribution >= 0.6 is 0 Å². The molecule has 0 aromatic carbocycles. The van der Waals surface area contributed by atoms with Crippen LogP contribution < -0.4 is 5.32 Å². The maximum absolute atomic E-state index is 11.1. The van der Waals surface area contributed by atoms with Crippen molar-refractivity contribution in [1.82, 2.24) is 5.32 Å². The molecule has 0 unspecified atom stereocenters. The SMILES string of the molecule is C=C(C)C(=O)NCCC(OCC)OCC. The topological polar surface area (TPSA) is 47.6 Å². The monoisotopic (exact) mass is 215 g/mol. The Morgan fingerprint density at radius 3 is 2.27 bits per heavy atom. The Kier molecular flexibility index (Phi) is 7.95. The molecule has 15 heavy (non-hydrogen) atoms. The van der Waals surface area contributed by atoms with E-state index in [1.54, 1.807) is 6.92 Å². The summed E-state index contributed by atoms with van der Waals surface area (Å²) in [5.41, 5.74) is 0.513. The third-order valence-electron chi connectivity index (χ3n) is 1.76. The minimum atomic E-state index is -0.231. The van der Waals surface area contributed by atoms with Crippen molar-refractivity contribution in [2.24, 2.45) is 0 Å². The third kappa shape index (κ3) is 7.11. The van der Waals surface area contributed by atoms with E-state index in [0.29, 0.717) is 31.8 Å². The van der Waals surface area contributed by atoms with Crippen molar-refractivity contribution < 1.29 is 14.3 Å². The molecular formula is C11H21NO3. The van der Waals surface area contributed by atoms with E-state index in [1.165, 1.54) is 0 Å². The van der Waals surface area contributed by atoms with Crippen molar-refractivity contribution in [2.75, 3.05) is 19.8 Å². The summed E-state index contributed by atoms with van der Waals surface area (Å²) in [4.78, 5) is 11.1. The fourth-order valence-electron chi connectivity index (χ4n) is 1.04. The standard InChI is InChI=1S/C11H21NO3/c1-5-14-10(15-6-2)7-8-12-11(13)9(3)4/h10H,3,5-8H2,1-2,4H3,(H,12,13). The number of nitrogens with one attached hydrogen (secondary N) is 1. The Bertz CT molecular complexity index is 198. The number of amides is 1. The van der Waals surface area contributed by atoms with E-state index in [-0.39, 0.29) is 12.2 Å². The maximum Gasteiger partial charge on any atom is 0.246 e. The molecule has 0 bridgehead atoms. The number of carbonyl (C=O) groups excluding carboxylic acids is 1. The van der Waals surface area contributed by atoms with Gasteiger partial charge >= 0.3 is 0 Å². The van der Waals surface area contributed by atoms with E-state index < -0.39 is 0 Å². The highest BCUT2D eigenvalue weighted by atomic mass is 16.7. The van der Waals surface area contributed by atoms with Crippen LogP contribution in [0.5, 0.6) is 0 Å². The quantitative estimate of drug-likeness (QED) is 0.492. The molecule has 1 amide bonds. The first-order valence-corrected chi connectivity index (χ1v) is 5.28. The van der Waals surface area contributed by atoms with Gasteiger partial charge in [-0.1, -0.05) is 6.58 Å². The van der Waals surface area contributed by atoms with Gasteiger partial charge in [0.25, 0.3) is 0 Å². The van der Waals surface area contributed by atoms with E-state index in [2.05, 4.69) is 11.9 Å². The summed E-state index contributed by atoms with van der Waals surface area (Å²) in [6, 6.07) is 0. The largest absolute Gasteiger partial charge is 0.353 e. The molecule has 0 spiro atoms. The molecule has 0 aliphatic carbocycles. The van der Waals surface area contributed by atoms with Gasteiger partial charge in [-0.3, -0.25) is 4.79 Å². The summed E-state index contributed by atoms with van der Waals surface area (Å²) in [6.07, 6.45) is 0.422. The third-order valence-corrected chi connectivity index (χ3v) is 1.76. The highest BCUT2D eigenvalue weighted by Crippen LogP contribution is 2.00. The first-order chi connectivity index (χ1) is 7.11. The minimum Gasteiger partial charge on any atom is -0.353 e. The second-order valence-electron chi connectivity index (χ2n) is 3.17. The van der Waals surface area contributed by atoms with Crippen molar-refractivity contribution in [2.45, 2.75) is 33.5 Å². The summed E-state index contributed by atoms with van der Waals surface area (Å²) in [7, 11) is 0. The van der Waals surface area contributed by atoms with Gasteiger partial charge in [0.1, 0.15) is 0 Å². The molecule has 1 N–H and O–H groups in total. The number of ether oxygens (including phenoxy) is 2. The van der Waals surface area contributed by atoms with Gasteiger partial charge in [0.05, 0.1) is 0 Å². The van der Waals surface area contributed by atoms with E-state index in [9.17, 15) is 4.79 Å². The maximum atomic E-state index is 11.1. The van der Waals surface area contributed by atoms with Crippen LogP contribution in [-0.2, 0) is 14.3 Å². The Morgan fingerprint density at radius 2 is 1.87 bits per heavy atom. The summed E-state index contributed by atoms with van der Waals surface area (Å²) in [6.45, 7) is 10.8. The molecular weight excluding hydrogens is 194 g/mol. The molecule has 0 atom stereocenters. The average molecular weight is 215 g/mol. The number of hydrogen-bond acceptors (Lipinski definition) is 3. The predicted octanol–water partition coefficient (Wildman–Crippen LogP) is 1.47. The fraction of sp³-hybridized carbons (Fsp3) is 0.727. The molecule has 0 rings (SSSR count). The van der Waals surface area contributed by atoms with Crippen molar-refractivity contribution in [3.63, 3.8) is 0 Å². The molecule has 0 fully saturated rings. The molecule has 0 aromatic rings. The smallest absolute Gasteiger partial charge is 0.246 e. The second kappa shape index (κ2) is 8.44. The van der Waals surface area contributed by atoms with E-state index in [0.717, 1.165) is 0 Å². The summed E-state index contributed by atoms with van der Waals surface area (Å²) >= 11 is 0. The van der Waals surface area contributed by atoms with Gasteiger partial charge in [-0.15, -0.1) is 0 Å². The molecule has 0 saturated carbocycles. The first-order valence-electron chi connectivity index (χ1n) is 5.28. The first kappa shape index (κ1) is 14.1. The van der Waals surface area contributed by atoms with Crippen LogP contribution in [0.2, 0.25) is 0 Å². The van der Waals surface area contributed by atoms with Crippen LogP contribution in [0.1, 0.15) is 27.2 Å². The summed E-state index contributed by atoms with van der Waals surface area (Å²) in [5, 5.41) is 2.73. The normalized spacial score (nSPS) is 10.4. The van der Waals surface area contributed by atoms with Crippen molar-refractivity contribution >= 4 is 5.91 Å². The molecule has 4 nitrogen and oxygen atoms in total. The lowest BCUT2D eigenvalue weighted by Crippen LogP contribution is -2.29. The predicted molar refractivity (Wildman–Crippen MR) is 59.5 cm³/mol. The van der Waals surface area contributed by atoms with E-state index in [1.807, 2.05) is 13.8 Å². The Labute approximate surface area is 91.6 Å². The highest BCUT2D eigenvalue weighted by Gasteiger charge is 2.08. The molecule has 4 heteroatoms. The molecule has 0 heterocycles. The van der Waals surface area contributed by atoms with Gasteiger partial charge in [0.2, 0.25) is 5.91 Å². The van der Waals surface area contributed by atoms with Gasteiger partial charge in [0, 0.05) is 31.8 Å². The Balaban J connectivity index is 3.69. The molecule has 0 saturated heterocycles. The molecule has 0 aliphatic heterocycles. The lowest BCUT2D eigenvalue weighted by molar-refractivity contribution is -0.139. The zero-order valence-corrected chi connectivity index (χ0v) is 9.84. The Morgan fingerprint density at radius 1 is 1.33 bits per heavy atom. The zero-order valence-electron chi connectivity index (χ0n) is 9.84. The Hall–Kier alpha value is -0.870. The number of rotatable bonds is 8. The van der Waals surface area contributed by atoms with Crippen molar-refractivity contribution in [3.8, 4) is 0 Å². The average Bonchev–Trinajstić information content (AvgIpc) is 2.18. The van der Waals surface area contributed by atoms with Gasteiger partial charge in [0.15, 0.2) is 6.29 Å². The summed E-state index contributed by atoms with van der Waals surface area (Å²) < 4.78 is 10.7. The number of hydrogen-bond donors (Lipinski definition) is 1. The highest BCUT2D eigenvalue weighted by molar-refractivity contribution is 5.91. The molecule has 0 radical (unpaired) electrons. The van der Waals surface area contributed by atoms with Crippen LogP contribution in [0.4, 0.5) is 0 Å². The van der Waals surface area contributed by atoms with E-state index >= 15 is 0 Å². The van der Waals surface area contributed by atoms with Crippen LogP contribution in [0.25, 0.3) is 0 Å². The van der Waals surface area contributed by atoms with Crippen LogP contribution in [-0.4, -0.2) is 32.0 Å².